The predicted octanol–water partition coefficient (Wildman–Crippen LogP) is 4.06. The van der Waals surface area contributed by atoms with Gasteiger partial charge in [0.2, 0.25) is 5.54 Å². The van der Waals surface area contributed by atoms with Crippen molar-refractivity contribution in [3.8, 4) is 11.1 Å². The number of hydrogen-bond acceptors (Lipinski definition) is 8. The number of carbonyl (C=O) groups is 4. The number of carboxylic acids is 2. The Morgan fingerprint density at radius 1 is 0.905 bits per heavy atom. The molecule has 0 aromatic heterocycles. The van der Waals surface area contributed by atoms with Gasteiger partial charge in [-0.3, -0.25) is 4.79 Å². The zero-order chi connectivity index (χ0) is 31.1. The molecule has 1 aliphatic rings. The second-order valence-corrected chi connectivity index (χ2v) is 11.7. The van der Waals surface area contributed by atoms with Gasteiger partial charge in [0.25, 0.3) is 0 Å². The molecule has 1 aliphatic carbocycles. The van der Waals surface area contributed by atoms with Crippen molar-refractivity contribution in [3.05, 3.63) is 59.7 Å². The number of esters is 1. The molecule has 0 heterocycles. The monoisotopic (exact) mass is 583 g/mol. The molecule has 3 rings (SSSR count). The van der Waals surface area contributed by atoms with Crippen LogP contribution in [-0.4, -0.2) is 64.5 Å². The average molecular weight is 584 g/mol. The van der Waals surface area contributed by atoms with Crippen LogP contribution in [0.15, 0.2) is 48.5 Å². The van der Waals surface area contributed by atoms with Crippen LogP contribution < -0.4 is 16.2 Å². The summed E-state index contributed by atoms with van der Waals surface area (Å²) in [6.07, 6.45) is 0.402. The van der Waals surface area contributed by atoms with E-state index >= 15 is 0 Å². The molecule has 0 spiro atoms. The highest BCUT2D eigenvalue weighted by Crippen LogP contribution is 2.44. The Balaban J connectivity index is 1.64. The van der Waals surface area contributed by atoms with Crippen molar-refractivity contribution in [2.75, 3.05) is 13.2 Å². The quantitative estimate of drug-likeness (QED) is 0.0948. The molecule has 11 heteroatoms. The van der Waals surface area contributed by atoms with Gasteiger partial charge in [-0.25, -0.2) is 25.2 Å². The van der Waals surface area contributed by atoms with Gasteiger partial charge in [-0.15, -0.1) is 0 Å². The second kappa shape index (κ2) is 13.8. The summed E-state index contributed by atoms with van der Waals surface area (Å²) in [7, 11) is 0. The number of alkyl carbamates (subject to hydrolysis) is 1. The summed E-state index contributed by atoms with van der Waals surface area (Å²) in [6.45, 7) is 8.53. The van der Waals surface area contributed by atoms with E-state index in [2.05, 4.69) is 16.2 Å². The van der Waals surface area contributed by atoms with Gasteiger partial charge in [0.1, 0.15) is 18.2 Å². The van der Waals surface area contributed by atoms with E-state index in [0.29, 0.717) is 12.8 Å². The Kier molecular flexibility index (Phi) is 10.7. The van der Waals surface area contributed by atoms with Crippen LogP contribution in [-0.2, 0) is 23.9 Å². The smallest absolute Gasteiger partial charge is 0.407 e. The Labute approximate surface area is 245 Å². The van der Waals surface area contributed by atoms with E-state index in [1.54, 1.807) is 34.6 Å². The molecule has 0 fully saturated rings. The summed E-state index contributed by atoms with van der Waals surface area (Å²) in [5.41, 5.74) is 6.22. The molecular formula is C31H41N3O8. The fourth-order valence-corrected chi connectivity index (χ4v) is 4.97. The highest BCUT2D eigenvalue weighted by atomic mass is 16.6. The standard InChI is InChI=1S/C31H41N3O8/c1-19(2)31(27(37)38,34-33-25(26(35)36)16-10-11-17-32-29(40)42-30(3,4)5)28(39)41-18-24-22-14-8-6-12-20(22)21-13-7-9-15-23(21)24/h6-9,12-15,19,24-25,33-34H,10-11,16-18H2,1-5H3,(H,32,40)(H,35,36)(H,37,38)/t25-,31-/m0/s1. The van der Waals surface area contributed by atoms with Crippen molar-refractivity contribution in [3.63, 3.8) is 0 Å². The molecule has 11 nitrogen and oxygen atoms in total. The number of hydrazine groups is 1. The number of unbranched alkanes of at least 4 members (excludes halogenated alkanes) is 1. The first-order chi connectivity index (χ1) is 19.8. The summed E-state index contributed by atoms with van der Waals surface area (Å²) in [5, 5.41) is 22.5. The zero-order valence-corrected chi connectivity index (χ0v) is 24.7. The molecule has 2 aromatic rings. The van der Waals surface area contributed by atoms with Crippen molar-refractivity contribution in [2.45, 2.75) is 77.0 Å². The number of carbonyl (C=O) groups excluding carboxylic acids is 2. The summed E-state index contributed by atoms with van der Waals surface area (Å²) >= 11 is 0. The van der Waals surface area contributed by atoms with Gasteiger partial charge < -0.3 is 25.0 Å². The van der Waals surface area contributed by atoms with Crippen molar-refractivity contribution < 1.29 is 38.9 Å². The Morgan fingerprint density at radius 3 is 1.98 bits per heavy atom. The molecule has 42 heavy (non-hydrogen) atoms. The fourth-order valence-electron chi connectivity index (χ4n) is 4.97. The van der Waals surface area contributed by atoms with Gasteiger partial charge in [0, 0.05) is 12.5 Å². The van der Waals surface area contributed by atoms with Crippen molar-refractivity contribution in [1.82, 2.24) is 16.2 Å². The maximum Gasteiger partial charge on any atom is 0.407 e. The van der Waals surface area contributed by atoms with Crippen molar-refractivity contribution in [1.29, 1.82) is 0 Å². The Hall–Kier alpha value is -3.96. The third kappa shape index (κ3) is 7.65. The summed E-state index contributed by atoms with van der Waals surface area (Å²) in [5.74, 6) is -4.81. The molecule has 2 atom stereocenters. The first kappa shape index (κ1) is 32.6. The summed E-state index contributed by atoms with van der Waals surface area (Å²) in [6, 6.07) is 14.4. The minimum atomic E-state index is -2.25. The highest BCUT2D eigenvalue weighted by Gasteiger charge is 2.51. The van der Waals surface area contributed by atoms with E-state index in [4.69, 9.17) is 9.47 Å². The number of ether oxygens (including phenoxy) is 2. The molecule has 1 amide bonds. The molecule has 2 aromatic carbocycles. The summed E-state index contributed by atoms with van der Waals surface area (Å²) in [4.78, 5) is 49.7. The maximum atomic E-state index is 13.5. The maximum absolute atomic E-state index is 13.5. The number of nitrogens with one attached hydrogen (secondary N) is 3. The molecule has 0 aliphatic heterocycles. The number of rotatable bonds is 14. The SMILES string of the molecule is CC(C)[C@](NN[C@@H](CCCCNC(=O)OC(C)(C)C)C(=O)O)(C(=O)O)C(=O)OCC1c2ccccc2-c2ccccc21. The lowest BCUT2D eigenvalue weighted by Gasteiger charge is -2.33. The number of amides is 1. The number of aliphatic carboxylic acids is 2. The Morgan fingerprint density at radius 2 is 1.48 bits per heavy atom. The van der Waals surface area contributed by atoms with E-state index in [1.165, 1.54) is 0 Å². The fraction of sp³-hybridized carbons (Fsp3) is 0.484. The minimum absolute atomic E-state index is 0.0801. The van der Waals surface area contributed by atoms with Crippen molar-refractivity contribution in [2.24, 2.45) is 5.92 Å². The second-order valence-electron chi connectivity index (χ2n) is 11.7. The molecule has 5 N–H and O–H groups in total. The van der Waals surface area contributed by atoms with Gasteiger partial charge in [-0.05, 0) is 68.2 Å². The third-order valence-corrected chi connectivity index (χ3v) is 7.20. The van der Waals surface area contributed by atoms with Gasteiger partial charge >= 0.3 is 24.0 Å². The number of hydrogen-bond donors (Lipinski definition) is 5. The van der Waals surface area contributed by atoms with Crippen LogP contribution in [0.25, 0.3) is 11.1 Å². The molecule has 0 radical (unpaired) electrons. The number of benzene rings is 2. The lowest BCUT2D eigenvalue weighted by molar-refractivity contribution is -0.168. The van der Waals surface area contributed by atoms with Gasteiger partial charge in [0.05, 0.1) is 0 Å². The highest BCUT2D eigenvalue weighted by molar-refractivity contribution is 6.04. The number of carboxylic acid groups (broad SMARTS) is 2. The Bertz CT molecular complexity index is 1240. The molecule has 0 saturated heterocycles. The predicted molar refractivity (Wildman–Crippen MR) is 156 cm³/mol. The van der Waals surface area contributed by atoms with E-state index < -0.39 is 47.1 Å². The topological polar surface area (TPSA) is 163 Å². The van der Waals surface area contributed by atoms with Crippen LogP contribution >= 0.6 is 0 Å². The van der Waals surface area contributed by atoms with E-state index in [0.717, 1.165) is 22.3 Å². The van der Waals surface area contributed by atoms with Gasteiger partial charge in [-0.1, -0.05) is 62.4 Å². The van der Waals surface area contributed by atoms with Crippen LogP contribution in [0, 0.1) is 5.92 Å². The van der Waals surface area contributed by atoms with E-state index in [1.807, 2.05) is 48.5 Å². The van der Waals surface area contributed by atoms with Crippen molar-refractivity contribution >= 4 is 24.0 Å². The number of fused-ring (bicyclic) bond motifs is 3. The zero-order valence-electron chi connectivity index (χ0n) is 24.7. The molecule has 0 bridgehead atoms. The van der Waals surface area contributed by atoms with E-state index in [9.17, 15) is 29.4 Å². The van der Waals surface area contributed by atoms with Crippen LogP contribution in [0.3, 0.4) is 0 Å². The summed E-state index contributed by atoms with van der Waals surface area (Å²) < 4.78 is 10.8. The van der Waals surface area contributed by atoms with Gasteiger partial charge in [0.15, 0.2) is 0 Å². The molecule has 228 valence electrons. The van der Waals surface area contributed by atoms with Crippen LogP contribution in [0.5, 0.6) is 0 Å². The third-order valence-electron chi connectivity index (χ3n) is 7.20. The normalized spacial score (nSPS) is 14.8. The van der Waals surface area contributed by atoms with Crippen LogP contribution in [0.4, 0.5) is 4.79 Å². The largest absolute Gasteiger partial charge is 0.480 e. The molecular weight excluding hydrogens is 542 g/mol. The van der Waals surface area contributed by atoms with Gasteiger partial charge in [-0.2, -0.15) is 0 Å². The average Bonchev–Trinajstić information content (AvgIpc) is 3.22. The lowest BCUT2D eigenvalue weighted by atomic mass is 9.87. The minimum Gasteiger partial charge on any atom is -0.480 e. The van der Waals surface area contributed by atoms with Crippen LogP contribution in [0.1, 0.15) is 70.9 Å². The molecule has 0 saturated carbocycles. The first-order valence-electron chi connectivity index (χ1n) is 14.1. The van der Waals surface area contributed by atoms with Crippen LogP contribution in [0.2, 0.25) is 0 Å². The molecule has 0 unspecified atom stereocenters. The van der Waals surface area contributed by atoms with E-state index in [-0.39, 0.29) is 25.5 Å². The first-order valence-corrected chi connectivity index (χ1v) is 14.1. The lowest BCUT2D eigenvalue weighted by Crippen LogP contribution is -2.68.